The number of esters is 1. The predicted molar refractivity (Wildman–Crippen MR) is 87.2 cm³/mol. The van der Waals surface area contributed by atoms with E-state index in [1.165, 1.54) is 23.0 Å². The van der Waals surface area contributed by atoms with Crippen molar-refractivity contribution in [3.05, 3.63) is 12.7 Å². The highest BCUT2D eigenvalue weighted by molar-refractivity contribution is 5.99. The molecule has 1 aliphatic carbocycles. The van der Waals surface area contributed by atoms with Gasteiger partial charge in [0.15, 0.2) is 0 Å². The highest BCUT2D eigenvalue weighted by Gasteiger charge is 2.59. The lowest BCUT2D eigenvalue weighted by Gasteiger charge is -2.41. The van der Waals surface area contributed by atoms with Gasteiger partial charge in [0.25, 0.3) is 0 Å². The van der Waals surface area contributed by atoms with Gasteiger partial charge in [-0.3, -0.25) is 14.4 Å². The zero-order valence-electron chi connectivity index (χ0n) is 14.4. The van der Waals surface area contributed by atoms with Crippen molar-refractivity contribution in [2.45, 2.75) is 37.3 Å². The minimum absolute atomic E-state index is 0.0653. The van der Waals surface area contributed by atoms with Gasteiger partial charge >= 0.3 is 5.97 Å². The standard InChI is InChI=1S/C17H23N3O5/c1-3-13(21)20-10-9-18(16(24)17(20)6-7-17)11-14(22)19-8-4-5-12(19)15(23)25-2/h3,12H,1,4-11H2,2H3. The predicted octanol–water partition coefficient (Wildman–Crippen LogP) is -0.460. The van der Waals surface area contributed by atoms with Crippen LogP contribution in [-0.2, 0) is 23.9 Å². The minimum atomic E-state index is -0.795. The third-order valence-electron chi connectivity index (χ3n) is 5.33. The van der Waals surface area contributed by atoms with E-state index in [-0.39, 0.29) is 24.3 Å². The summed E-state index contributed by atoms with van der Waals surface area (Å²) in [6, 6.07) is -0.564. The Kier molecular flexibility index (Phi) is 4.53. The summed E-state index contributed by atoms with van der Waals surface area (Å²) in [5.74, 6) is -1.10. The number of hydrogen-bond acceptors (Lipinski definition) is 5. The molecule has 0 aromatic heterocycles. The maximum Gasteiger partial charge on any atom is 0.328 e. The molecule has 3 fully saturated rings. The van der Waals surface area contributed by atoms with E-state index in [9.17, 15) is 19.2 Å². The maximum absolute atomic E-state index is 12.8. The van der Waals surface area contributed by atoms with Crippen LogP contribution in [0.5, 0.6) is 0 Å². The van der Waals surface area contributed by atoms with E-state index in [2.05, 4.69) is 6.58 Å². The second kappa shape index (κ2) is 6.50. The van der Waals surface area contributed by atoms with Crippen molar-refractivity contribution < 1.29 is 23.9 Å². The molecular weight excluding hydrogens is 326 g/mol. The van der Waals surface area contributed by atoms with Gasteiger partial charge in [-0.1, -0.05) is 6.58 Å². The lowest BCUT2D eigenvalue weighted by atomic mass is 10.1. The first-order valence-corrected chi connectivity index (χ1v) is 8.55. The van der Waals surface area contributed by atoms with E-state index in [1.54, 1.807) is 4.90 Å². The van der Waals surface area contributed by atoms with Crippen molar-refractivity contribution in [1.29, 1.82) is 0 Å². The number of carbonyl (C=O) groups is 4. The number of ether oxygens (including phenoxy) is 1. The number of rotatable bonds is 4. The van der Waals surface area contributed by atoms with Crippen LogP contribution in [0.2, 0.25) is 0 Å². The lowest BCUT2D eigenvalue weighted by molar-refractivity contribution is -0.156. The summed E-state index contributed by atoms with van der Waals surface area (Å²) in [7, 11) is 1.31. The van der Waals surface area contributed by atoms with Gasteiger partial charge in [-0.25, -0.2) is 4.79 Å². The van der Waals surface area contributed by atoms with Gasteiger partial charge in [-0.2, -0.15) is 0 Å². The van der Waals surface area contributed by atoms with E-state index in [1.807, 2.05) is 0 Å². The van der Waals surface area contributed by atoms with E-state index in [4.69, 9.17) is 4.74 Å². The summed E-state index contributed by atoms with van der Waals surface area (Å²) < 4.78 is 4.75. The molecule has 1 saturated carbocycles. The molecule has 0 aromatic carbocycles. The van der Waals surface area contributed by atoms with Crippen molar-refractivity contribution in [2.24, 2.45) is 0 Å². The zero-order valence-corrected chi connectivity index (χ0v) is 14.4. The maximum atomic E-state index is 12.8. The Labute approximate surface area is 146 Å². The Morgan fingerprint density at radius 1 is 1.28 bits per heavy atom. The van der Waals surface area contributed by atoms with Crippen LogP contribution in [0.15, 0.2) is 12.7 Å². The summed E-state index contributed by atoms with van der Waals surface area (Å²) >= 11 is 0. The fourth-order valence-electron chi connectivity index (χ4n) is 3.83. The molecule has 2 saturated heterocycles. The summed E-state index contributed by atoms with van der Waals surface area (Å²) in [6.07, 6.45) is 3.78. The van der Waals surface area contributed by atoms with E-state index in [0.717, 1.165) is 6.42 Å². The summed E-state index contributed by atoms with van der Waals surface area (Å²) in [4.78, 5) is 53.8. The molecule has 8 nitrogen and oxygen atoms in total. The summed E-state index contributed by atoms with van der Waals surface area (Å²) in [6.45, 7) is 4.62. The molecule has 0 radical (unpaired) electrons. The first-order chi connectivity index (χ1) is 11.9. The molecule has 8 heteroatoms. The third kappa shape index (κ3) is 2.89. The van der Waals surface area contributed by atoms with E-state index in [0.29, 0.717) is 38.9 Å². The van der Waals surface area contributed by atoms with Crippen LogP contribution in [-0.4, -0.2) is 83.3 Å². The van der Waals surface area contributed by atoms with Crippen LogP contribution >= 0.6 is 0 Å². The number of carbonyl (C=O) groups excluding carboxylic acids is 4. The molecule has 2 heterocycles. The highest BCUT2D eigenvalue weighted by Crippen LogP contribution is 2.45. The van der Waals surface area contributed by atoms with Gasteiger partial charge in [0.1, 0.15) is 11.6 Å². The fourth-order valence-corrected chi connectivity index (χ4v) is 3.83. The van der Waals surface area contributed by atoms with Gasteiger partial charge < -0.3 is 19.4 Å². The molecular formula is C17H23N3O5. The van der Waals surface area contributed by atoms with Gasteiger partial charge in [0.2, 0.25) is 17.7 Å². The first-order valence-electron chi connectivity index (χ1n) is 8.55. The van der Waals surface area contributed by atoms with Gasteiger partial charge in [0, 0.05) is 19.6 Å². The van der Waals surface area contributed by atoms with Crippen molar-refractivity contribution >= 4 is 23.7 Å². The first kappa shape index (κ1) is 17.4. The van der Waals surface area contributed by atoms with Crippen LogP contribution in [0, 0.1) is 0 Å². The SMILES string of the molecule is C=CC(=O)N1CCN(CC(=O)N2CCCC2C(=O)OC)C(=O)C12CC2. The average Bonchev–Trinajstić information content (AvgIpc) is 3.24. The Balaban J connectivity index is 1.67. The van der Waals surface area contributed by atoms with Gasteiger partial charge in [-0.15, -0.1) is 0 Å². The largest absolute Gasteiger partial charge is 0.467 e. The molecule has 0 aromatic rings. The highest BCUT2D eigenvalue weighted by atomic mass is 16.5. The molecule has 1 unspecified atom stereocenters. The van der Waals surface area contributed by atoms with Gasteiger partial charge in [0.05, 0.1) is 13.7 Å². The Morgan fingerprint density at radius 3 is 2.60 bits per heavy atom. The molecule has 1 atom stereocenters. The molecule has 0 N–H and O–H groups in total. The van der Waals surface area contributed by atoms with Crippen LogP contribution in [0.3, 0.4) is 0 Å². The van der Waals surface area contributed by atoms with Crippen LogP contribution in [0.25, 0.3) is 0 Å². The van der Waals surface area contributed by atoms with Gasteiger partial charge in [-0.05, 0) is 31.8 Å². The molecule has 3 aliphatic rings. The topological polar surface area (TPSA) is 87.2 Å². The van der Waals surface area contributed by atoms with Crippen molar-refractivity contribution in [3.8, 4) is 0 Å². The number of methoxy groups -OCH3 is 1. The molecule has 25 heavy (non-hydrogen) atoms. The monoisotopic (exact) mass is 349 g/mol. The minimum Gasteiger partial charge on any atom is -0.467 e. The summed E-state index contributed by atoms with van der Waals surface area (Å²) in [5.41, 5.74) is -0.795. The second-order valence-electron chi connectivity index (χ2n) is 6.72. The number of amides is 3. The Bertz CT molecular complexity index is 628. The van der Waals surface area contributed by atoms with Crippen molar-refractivity contribution in [2.75, 3.05) is 33.3 Å². The molecule has 2 aliphatic heterocycles. The summed E-state index contributed by atoms with van der Waals surface area (Å²) in [5, 5.41) is 0. The van der Waals surface area contributed by atoms with E-state index < -0.39 is 17.6 Å². The molecule has 1 spiro atoms. The number of hydrogen-bond donors (Lipinski definition) is 0. The zero-order chi connectivity index (χ0) is 18.2. The normalized spacial score (nSPS) is 24.4. The van der Waals surface area contributed by atoms with Crippen molar-refractivity contribution in [3.63, 3.8) is 0 Å². The van der Waals surface area contributed by atoms with E-state index >= 15 is 0 Å². The van der Waals surface area contributed by atoms with Crippen LogP contribution < -0.4 is 0 Å². The average molecular weight is 349 g/mol. The van der Waals surface area contributed by atoms with Crippen LogP contribution in [0.1, 0.15) is 25.7 Å². The lowest BCUT2D eigenvalue weighted by Crippen LogP contribution is -2.62. The fraction of sp³-hybridized carbons (Fsp3) is 0.647. The number of nitrogens with zero attached hydrogens (tertiary/aromatic N) is 3. The molecule has 136 valence electrons. The Hall–Kier alpha value is -2.38. The number of likely N-dealkylation sites (tertiary alicyclic amines) is 1. The van der Waals surface area contributed by atoms with Crippen molar-refractivity contribution in [1.82, 2.24) is 14.7 Å². The quantitative estimate of drug-likeness (QED) is 0.506. The molecule has 3 rings (SSSR count). The Morgan fingerprint density at radius 2 is 2.00 bits per heavy atom. The number of piperazine rings is 1. The molecule has 0 bridgehead atoms. The molecule has 3 amide bonds. The third-order valence-corrected chi connectivity index (χ3v) is 5.33. The van der Waals surface area contributed by atoms with Crippen LogP contribution in [0.4, 0.5) is 0 Å². The second-order valence-corrected chi connectivity index (χ2v) is 6.72. The smallest absolute Gasteiger partial charge is 0.328 e.